The number of hydrogen-bond acceptors (Lipinski definition) is 4. The van der Waals surface area contributed by atoms with Gasteiger partial charge in [-0.25, -0.2) is 0 Å². The van der Waals surface area contributed by atoms with Gasteiger partial charge < -0.3 is 15.1 Å². The second kappa shape index (κ2) is 9.09. The Morgan fingerprint density at radius 2 is 2.04 bits per heavy atom. The Morgan fingerprint density at radius 3 is 2.67 bits per heavy atom. The third kappa shape index (κ3) is 5.10. The minimum atomic E-state index is -0.195. The van der Waals surface area contributed by atoms with Crippen molar-refractivity contribution >= 4 is 5.91 Å². The van der Waals surface area contributed by atoms with Gasteiger partial charge in [0, 0.05) is 25.8 Å². The lowest BCUT2D eigenvalue weighted by Gasteiger charge is -2.34. The molecule has 0 spiro atoms. The van der Waals surface area contributed by atoms with Crippen LogP contribution in [-0.4, -0.2) is 55.5 Å². The summed E-state index contributed by atoms with van der Waals surface area (Å²) in [7, 11) is 3.89. The Bertz CT molecular complexity index is 598. The summed E-state index contributed by atoms with van der Waals surface area (Å²) in [6.07, 6.45) is 4.32. The van der Waals surface area contributed by atoms with Gasteiger partial charge >= 0.3 is 0 Å². The molecule has 1 aromatic rings. The molecule has 2 rings (SSSR count). The van der Waals surface area contributed by atoms with E-state index in [1.807, 2.05) is 24.3 Å². The molecule has 0 atom stereocenters. The SMILES string of the molecule is CN1CCC(N(C)C(=O)/C(C#N)=C\NCCc2ccccc2)CC1. The number of nitrogens with one attached hydrogen (secondary N) is 1. The van der Waals surface area contributed by atoms with E-state index < -0.39 is 0 Å². The first-order chi connectivity index (χ1) is 11.6. The molecule has 24 heavy (non-hydrogen) atoms. The number of benzene rings is 1. The summed E-state index contributed by atoms with van der Waals surface area (Å²) in [5, 5.41) is 12.4. The maximum atomic E-state index is 12.5. The molecule has 1 aliphatic heterocycles. The fraction of sp³-hybridized carbons (Fsp3) is 0.474. The van der Waals surface area contributed by atoms with Crippen molar-refractivity contribution in [2.75, 3.05) is 33.7 Å². The summed E-state index contributed by atoms with van der Waals surface area (Å²) < 4.78 is 0. The van der Waals surface area contributed by atoms with Crippen LogP contribution in [0.15, 0.2) is 42.1 Å². The standard InChI is InChI=1S/C19H26N4O/c1-22-12-9-18(10-13-22)23(2)19(24)17(14-20)15-21-11-8-16-6-4-3-5-7-16/h3-7,15,18,21H,8-13H2,1-2H3/b17-15-. The van der Waals surface area contributed by atoms with Crippen LogP contribution in [0.5, 0.6) is 0 Å². The summed E-state index contributed by atoms with van der Waals surface area (Å²) in [6, 6.07) is 12.4. The van der Waals surface area contributed by atoms with Gasteiger partial charge in [0.1, 0.15) is 11.6 Å². The highest BCUT2D eigenvalue weighted by Gasteiger charge is 2.25. The molecule has 128 valence electrons. The Balaban J connectivity index is 1.85. The summed E-state index contributed by atoms with van der Waals surface area (Å²) in [5.41, 5.74) is 1.40. The van der Waals surface area contributed by atoms with E-state index >= 15 is 0 Å². The molecule has 5 nitrogen and oxygen atoms in total. The highest BCUT2D eigenvalue weighted by atomic mass is 16.2. The van der Waals surface area contributed by atoms with Gasteiger partial charge in [0.15, 0.2) is 0 Å². The molecule has 5 heteroatoms. The fourth-order valence-corrected chi connectivity index (χ4v) is 2.92. The fourth-order valence-electron chi connectivity index (χ4n) is 2.92. The van der Waals surface area contributed by atoms with E-state index in [1.165, 1.54) is 5.56 Å². The Hall–Kier alpha value is -2.32. The van der Waals surface area contributed by atoms with Gasteiger partial charge in [-0.05, 0) is 45.0 Å². The van der Waals surface area contributed by atoms with Crippen molar-refractivity contribution in [3.63, 3.8) is 0 Å². The van der Waals surface area contributed by atoms with Crippen molar-refractivity contribution in [1.82, 2.24) is 15.1 Å². The number of nitriles is 1. The summed E-state index contributed by atoms with van der Waals surface area (Å²) in [6.45, 7) is 2.67. The summed E-state index contributed by atoms with van der Waals surface area (Å²) >= 11 is 0. The van der Waals surface area contributed by atoms with Crippen molar-refractivity contribution in [3.05, 3.63) is 47.7 Å². The topological polar surface area (TPSA) is 59.4 Å². The largest absolute Gasteiger partial charge is 0.389 e. The molecule has 1 heterocycles. The average molecular weight is 326 g/mol. The van der Waals surface area contributed by atoms with Crippen LogP contribution in [0.2, 0.25) is 0 Å². The van der Waals surface area contributed by atoms with Crippen molar-refractivity contribution in [2.24, 2.45) is 0 Å². The number of rotatable bonds is 6. The van der Waals surface area contributed by atoms with E-state index in [9.17, 15) is 10.1 Å². The molecule has 0 aliphatic carbocycles. The minimum absolute atomic E-state index is 0.171. The van der Waals surface area contributed by atoms with Gasteiger partial charge in [0.25, 0.3) is 5.91 Å². The van der Waals surface area contributed by atoms with Crippen molar-refractivity contribution in [1.29, 1.82) is 5.26 Å². The minimum Gasteiger partial charge on any atom is -0.389 e. The van der Waals surface area contributed by atoms with Crippen molar-refractivity contribution in [2.45, 2.75) is 25.3 Å². The van der Waals surface area contributed by atoms with Crippen LogP contribution in [-0.2, 0) is 11.2 Å². The van der Waals surface area contributed by atoms with E-state index in [1.54, 1.807) is 18.1 Å². The predicted molar refractivity (Wildman–Crippen MR) is 95.1 cm³/mol. The van der Waals surface area contributed by atoms with Crippen LogP contribution >= 0.6 is 0 Å². The molecule has 0 saturated carbocycles. The number of likely N-dealkylation sites (N-methyl/N-ethyl adjacent to an activating group) is 1. The predicted octanol–water partition coefficient (Wildman–Crippen LogP) is 1.78. The molecule has 0 bridgehead atoms. The van der Waals surface area contributed by atoms with Crippen LogP contribution in [0.3, 0.4) is 0 Å². The molecule has 0 unspecified atom stereocenters. The zero-order chi connectivity index (χ0) is 17.4. The van der Waals surface area contributed by atoms with E-state index in [0.717, 1.165) is 32.4 Å². The van der Waals surface area contributed by atoms with Gasteiger partial charge in [-0.1, -0.05) is 30.3 Å². The van der Waals surface area contributed by atoms with E-state index in [0.29, 0.717) is 6.54 Å². The zero-order valence-electron chi connectivity index (χ0n) is 14.5. The zero-order valence-corrected chi connectivity index (χ0v) is 14.5. The Labute approximate surface area is 144 Å². The number of amides is 1. The molecule has 1 aliphatic rings. The molecule has 1 amide bonds. The summed E-state index contributed by atoms with van der Waals surface area (Å²) in [4.78, 5) is 16.5. The maximum absolute atomic E-state index is 12.5. The summed E-state index contributed by atoms with van der Waals surface area (Å²) in [5.74, 6) is -0.195. The Kier molecular flexibility index (Phi) is 6.83. The third-order valence-electron chi connectivity index (χ3n) is 4.55. The smallest absolute Gasteiger partial charge is 0.265 e. The first-order valence-electron chi connectivity index (χ1n) is 8.45. The molecule has 1 aromatic carbocycles. The lowest BCUT2D eigenvalue weighted by atomic mass is 10.0. The van der Waals surface area contributed by atoms with E-state index in [-0.39, 0.29) is 17.5 Å². The second-order valence-corrected chi connectivity index (χ2v) is 6.31. The Morgan fingerprint density at radius 1 is 1.38 bits per heavy atom. The van der Waals surface area contributed by atoms with Gasteiger partial charge in [0.2, 0.25) is 0 Å². The monoisotopic (exact) mass is 326 g/mol. The quantitative estimate of drug-likeness (QED) is 0.492. The number of carbonyl (C=O) groups excluding carboxylic acids is 1. The van der Waals surface area contributed by atoms with Gasteiger partial charge in [0.05, 0.1) is 0 Å². The molecule has 1 fully saturated rings. The van der Waals surface area contributed by atoms with Crippen LogP contribution < -0.4 is 5.32 Å². The van der Waals surface area contributed by atoms with Crippen LogP contribution in [0.4, 0.5) is 0 Å². The average Bonchev–Trinajstić information content (AvgIpc) is 2.62. The first kappa shape index (κ1) is 18.0. The third-order valence-corrected chi connectivity index (χ3v) is 4.55. The van der Waals surface area contributed by atoms with Crippen molar-refractivity contribution < 1.29 is 4.79 Å². The van der Waals surface area contributed by atoms with E-state index in [4.69, 9.17) is 0 Å². The van der Waals surface area contributed by atoms with Gasteiger partial charge in [-0.2, -0.15) is 5.26 Å². The molecular formula is C19H26N4O. The van der Waals surface area contributed by atoms with E-state index in [2.05, 4.69) is 29.4 Å². The number of hydrogen-bond donors (Lipinski definition) is 1. The lowest BCUT2D eigenvalue weighted by molar-refractivity contribution is -0.128. The highest BCUT2D eigenvalue weighted by molar-refractivity contribution is 5.97. The van der Waals surface area contributed by atoms with Gasteiger partial charge in [-0.3, -0.25) is 4.79 Å². The number of nitrogens with zero attached hydrogens (tertiary/aromatic N) is 3. The van der Waals surface area contributed by atoms with Crippen LogP contribution in [0.25, 0.3) is 0 Å². The normalized spacial score (nSPS) is 16.5. The first-order valence-corrected chi connectivity index (χ1v) is 8.45. The number of piperidine rings is 1. The van der Waals surface area contributed by atoms with Gasteiger partial charge in [-0.15, -0.1) is 0 Å². The number of likely N-dealkylation sites (tertiary alicyclic amines) is 1. The highest BCUT2D eigenvalue weighted by Crippen LogP contribution is 2.15. The molecule has 1 saturated heterocycles. The lowest BCUT2D eigenvalue weighted by Crippen LogP contribution is -2.45. The van der Waals surface area contributed by atoms with Crippen LogP contribution in [0.1, 0.15) is 18.4 Å². The number of carbonyl (C=O) groups is 1. The van der Waals surface area contributed by atoms with Crippen LogP contribution in [0, 0.1) is 11.3 Å². The molecule has 0 radical (unpaired) electrons. The molecule has 0 aromatic heterocycles. The maximum Gasteiger partial charge on any atom is 0.265 e. The molecular weight excluding hydrogens is 300 g/mol. The molecule has 1 N–H and O–H groups in total. The van der Waals surface area contributed by atoms with Crippen molar-refractivity contribution in [3.8, 4) is 6.07 Å². The second-order valence-electron chi connectivity index (χ2n) is 6.31.